The molecule has 0 saturated carbocycles. The predicted octanol–water partition coefficient (Wildman–Crippen LogP) is 3.93. The zero-order chi connectivity index (χ0) is 18.0. The minimum atomic E-state index is -0.196. The van der Waals surface area contributed by atoms with E-state index in [4.69, 9.17) is 9.47 Å². The Hall–Kier alpha value is -2.35. The Bertz CT molecular complexity index is 815. The average molecular weight is 348 g/mol. The number of benzene rings is 2. The molecule has 26 heavy (non-hydrogen) atoms. The molecule has 4 nitrogen and oxygen atoms in total. The van der Waals surface area contributed by atoms with Gasteiger partial charge in [0.15, 0.2) is 0 Å². The molecule has 0 aliphatic carbocycles. The zero-order valence-corrected chi connectivity index (χ0v) is 15.1. The maximum atomic E-state index is 9.27. The van der Waals surface area contributed by atoms with Gasteiger partial charge in [-0.25, -0.2) is 0 Å². The molecule has 1 spiro atoms. The molecule has 0 radical (unpaired) electrons. The van der Waals surface area contributed by atoms with Crippen LogP contribution in [0, 0.1) is 11.3 Å². The molecule has 2 aliphatic rings. The van der Waals surface area contributed by atoms with Crippen LogP contribution in [0.4, 0.5) is 0 Å². The Labute approximate surface area is 154 Å². The lowest BCUT2D eigenvalue weighted by molar-refractivity contribution is -0.0484. The van der Waals surface area contributed by atoms with Crippen LogP contribution < -0.4 is 10.1 Å². The van der Waals surface area contributed by atoms with E-state index in [-0.39, 0.29) is 17.6 Å². The van der Waals surface area contributed by atoms with E-state index in [0.717, 1.165) is 37.1 Å². The van der Waals surface area contributed by atoms with Crippen molar-refractivity contribution in [1.29, 1.82) is 5.26 Å². The highest BCUT2D eigenvalue weighted by molar-refractivity contribution is 5.45. The second-order valence-electron chi connectivity index (χ2n) is 7.25. The third-order valence-electron chi connectivity index (χ3n) is 5.75. The molecule has 0 aromatic heterocycles. The lowest BCUT2D eigenvalue weighted by atomic mass is 9.76. The minimum absolute atomic E-state index is 0.196. The second-order valence-corrected chi connectivity index (χ2v) is 7.25. The Morgan fingerprint density at radius 1 is 1.23 bits per heavy atom. The van der Waals surface area contributed by atoms with Crippen LogP contribution in [0.15, 0.2) is 48.5 Å². The van der Waals surface area contributed by atoms with Crippen LogP contribution in [0.5, 0.6) is 5.75 Å². The molecule has 134 valence electrons. The molecule has 2 saturated heterocycles. The van der Waals surface area contributed by atoms with Crippen molar-refractivity contribution < 1.29 is 9.47 Å². The number of nitriles is 1. The molecule has 1 unspecified atom stereocenters. The van der Waals surface area contributed by atoms with E-state index in [2.05, 4.69) is 41.7 Å². The normalized spacial score (nSPS) is 28.0. The topological polar surface area (TPSA) is 54.3 Å². The standard InChI is InChI=1S/C22H24N2O2/c1-25-20-9-8-16(14-23)12-19(20)18-13-22(26-15-18)10-5-11-24-21(22)17-6-3-2-4-7-17/h2-4,6-9,12,18,21,24H,5,10-11,13,15H2,1H3/t18?,21-,22+/m0/s1. The summed E-state index contributed by atoms with van der Waals surface area (Å²) in [6.45, 7) is 1.68. The van der Waals surface area contributed by atoms with Gasteiger partial charge in [-0.05, 0) is 49.6 Å². The van der Waals surface area contributed by atoms with Gasteiger partial charge in [0, 0.05) is 11.5 Å². The van der Waals surface area contributed by atoms with E-state index < -0.39 is 0 Å². The van der Waals surface area contributed by atoms with Crippen LogP contribution in [0.25, 0.3) is 0 Å². The molecular formula is C22H24N2O2. The fraction of sp³-hybridized carbons (Fsp3) is 0.409. The summed E-state index contributed by atoms with van der Waals surface area (Å²) in [7, 11) is 1.69. The van der Waals surface area contributed by atoms with Crippen LogP contribution in [0.2, 0.25) is 0 Å². The van der Waals surface area contributed by atoms with Gasteiger partial charge in [0.05, 0.1) is 37.0 Å². The fourth-order valence-corrected chi connectivity index (χ4v) is 4.53. The van der Waals surface area contributed by atoms with Gasteiger partial charge in [-0.15, -0.1) is 0 Å². The molecular weight excluding hydrogens is 324 g/mol. The quantitative estimate of drug-likeness (QED) is 0.913. The van der Waals surface area contributed by atoms with Crippen molar-refractivity contribution in [2.75, 3.05) is 20.3 Å². The van der Waals surface area contributed by atoms with Crippen molar-refractivity contribution in [3.63, 3.8) is 0 Å². The molecule has 2 fully saturated rings. The first-order chi connectivity index (χ1) is 12.8. The van der Waals surface area contributed by atoms with Crippen molar-refractivity contribution in [1.82, 2.24) is 5.32 Å². The average Bonchev–Trinajstić information content (AvgIpc) is 3.12. The maximum Gasteiger partial charge on any atom is 0.122 e. The summed E-state index contributed by atoms with van der Waals surface area (Å²) in [5.74, 6) is 1.08. The first-order valence-corrected chi connectivity index (χ1v) is 9.26. The van der Waals surface area contributed by atoms with Gasteiger partial charge < -0.3 is 14.8 Å². The van der Waals surface area contributed by atoms with Gasteiger partial charge in [-0.3, -0.25) is 0 Å². The summed E-state index contributed by atoms with van der Waals surface area (Å²) in [6, 6.07) is 18.7. The molecule has 3 atom stereocenters. The first kappa shape index (κ1) is 17.1. The van der Waals surface area contributed by atoms with Gasteiger partial charge >= 0.3 is 0 Å². The number of nitrogens with zero attached hydrogens (tertiary/aromatic N) is 1. The predicted molar refractivity (Wildman–Crippen MR) is 100 cm³/mol. The number of hydrogen-bond donors (Lipinski definition) is 1. The summed E-state index contributed by atoms with van der Waals surface area (Å²) in [6.07, 6.45) is 3.10. The number of rotatable bonds is 3. The minimum Gasteiger partial charge on any atom is -0.496 e. The van der Waals surface area contributed by atoms with Gasteiger partial charge in [0.25, 0.3) is 0 Å². The molecule has 2 heterocycles. The molecule has 1 N–H and O–H groups in total. The van der Waals surface area contributed by atoms with Crippen molar-refractivity contribution >= 4 is 0 Å². The van der Waals surface area contributed by atoms with E-state index in [9.17, 15) is 5.26 Å². The number of hydrogen-bond acceptors (Lipinski definition) is 4. The van der Waals surface area contributed by atoms with Gasteiger partial charge in [0.2, 0.25) is 0 Å². The third kappa shape index (κ3) is 2.98. The van der Waals surface area contributed by atoms with Crippen molar-refractivity contribution in [2.45, 2.75) is 36.8 Å². The first-order valence-electron chi connectivity index (χ1n) is 9.26. The van der Waals surface area contributed by atoms with Crippen molar-refractivity contribution in [2.24, 2.45) is 0 Å². The lowest BCUT2D eigenvalue weighted by Gasteiger charge is -2.41. The Morgan fingerprint density at radius 3 is 2.85 bits per heavy atom. The molecule has 0 amide bonds. The number of methoxy groups -OCH3 is 1. The Morgan fingerprint density at radius 2 is 2.08 bits per heavy atom. The largest absolute Gasteiger partial charge is 0.496 e. The summed E-state index contributed by atoms with van der Waals surface area (Å²) >= 11 is 0. The zero-order valence-electron chi connectivity index (χ0n) is 15.1. The van der Waals surface area contributed by atoms with Crippen LogP contribution in [-0.4, -0.2) is 25.9 Å². The number of ether oxygens (including phenoxy) is 2. The Kier molecular flexibility index (Phi) is 4.67. The van der Waals surface area contributed by atoms with E-state index in [1.807, 2.05) is 18.2 Å². The van der Waals surface area contributed by atoms with Crippen molar-refractivity contribution in [3.8, 4) is 11.8 Å². The monoisotopic (exact) mass is 348 g/mol. The smallest absolute Gasteiger partial charge is 0.122 e. The van der Waals surface area contributed by atoms with Gasteiger partial charge in [0.1, 0.15) is 5.75 Å². The molecule has 2 aliphatic heterocycles. The molecule has 2 aromatic carbocycles. The SMILES string of the molecule is COc1ccc(C#N)cc1C1CO[C@]2(CCCN[C@H]2c2ccccc2)C1. The maximum absolute atomic E-state index is 9.27. The fourth-order valence-electron chi connectivity index (χ4n) is 4.53. The van der Waals surface area contributed by atoms with E-state index in [0.29, 0.717) is 12.2 Å². The van der Waals surface area contributed by atoms with E-state index >= 15 is 0 Å². The second kappa shape index (κ2) is 7.11. The highest BCUT2D eigenvalue weighted by atomic mass is 16.5. The van der Waals surface area contributed by atoms with Crippen molar-refractivity contribution in [3.05, 3.63) is 65.2 Å². The highest BCUT2D eigenvalue weighted by Crippen LogP contribution is 2.49. The molecule has 2 aromatic rings. The summed E-state index contributed by atoms with van der Waals surface area (Å²) in [4.78, 5) is 0. The van der Waals surface area contributed by atoms with Crippen LogP contribution in [0.3, 0.4) is 0 Å². The van der Waals surface area contributed by atoms with E-state index in [1.165, 1.54) is 5.56 Å². The molecule has 4 heteroatoms. The lowest BCUT2D eigenvalue weighted by Crippen LogP contribution is -2.48. The molecule has 0 bridgehead atoms. The van der Waals surface area contributed by atoms with Crippen LogP contribution in [0.1, 0.15) is 47.9 Å². The van der Waals surface area contributed by atoms with Gasteiger partial charge in [-0.1, -0.05) is 30.3 Å². The Balaban J connectivity index is 1.65. The summed E-state index contributed by atoms with van der Waals surface area (Å²) < 4.78 is 12.1. The van der Waals surface area contributed by atoms with Crippen LogP contribution in [-0.2, 0) is 4.74 Å². The number of piperidine rings is 1. The van der Waals surface area contributed by atoms with Crippen LogP contribution >= 0.6 is 0 Å². The van der Waals surface area contributed by atoms with E-state index in [1.54, 1.807) is 7.11 Å². The summed E-state index contributed by atoms with van der Waals surface area (Å²) in [5.41, 5.74) is 2.84. The third-order valence-corrected chi connectivity index (χ3v) is 5.75. The summed E-state index contributed by atoms with van der Waals surface area (Å²) in [5, 5.41) is 13.0. The molecule has 4 rings (SSSR count). The number of nitrogens with one attached hydrogen (secondary N) is 1. The van der Waals surface area contributed by atoms with Gasteiger partial charge in [-0.2, -0.15) is 5.26 Å². The highest BCUT2D eigenvalue weighted by Gasteiger charge is 2.49.